The summed E-state index contributed by atoms with van der Waals surface area (Å²) in [6.45, 7) is 4.26. The first-order valence-electron chi connectivity index (χ1n) is 6.68. The molecule has 0 bridgehead atoms. The Morgan fingerprint density at radius 3 is 2.00 bits per heavy atom. The summed E-state index contributed by atoms with van der Waals surface area (Å²) in [6.07, 6.45) is -0.337. The summed E-state index contributed by atoms with van der Waals surface area (Å²) in [5.74, 6) is -1.35. The van der Waals surface area contributed by atoms with E-state index in [1.807, 2.05) is 0 Å². The molecule has 6 nitrogen and oxygen atoms in total. The van der Waals surface area contributed by atoms with E-state index >= 15 is 0 Å². The van der Waals surface area contributed by atoms with Crippen molar-refractivity contribution in [2.75, 3.05) is 13.1 Å². The molecule has 0 saturated carbocycles. The Hall–Kier alpha value is -1.73. The Kier molecular flexibility index (Phi) is 6.04. The predicted molar refractivity (Wildman–Crippen MR) is 77.7 cm³/mol. The molecule has 1 aromatic rings. The maximum atomic E-state index is 12.3. The Balaban J connectivity index is 2.92. The molecule has 0 radical (unpaired) electrons. The number of rotatable bonds is 8. The fourth-order valence-corrected chi connectivity index (χ4v) is 3.35. The molecule has 0 spiro atoms. The third-order valence-corrected chi connectivity index (χ3v) is 5.15. The van der Waals surface area contributed by atoms with E-state index in [0.717, 1.165) is 0 Å². The van der Waals surface area contributed by atoms with Gasteiger partial charge in [-0.15, -0.1) is 0 Å². The molecule has 0 saturated heterocycles. The van der Waals surface area contributed by atoms with Crippen LogP contribution in [0.4, 0.5) is 0 Å². The number of benzene rings is 1. The molecule has 0 aliphatic rings. The van der Waals surface area contributed by atoms with E-state index in [1.165, 1.54) is 28.6 Å². The number of nitrogens with zero attached hydrogens (tertiary/aromatic N) is 1. The number of hydrogen-bond donors (Lipinski definition) is 1. The molecule has 0 atom stereocenters. The molecule has 0 aliphatic carbocycles. The smallest absolute Gasteiger partial charge is 0.303 e. The van der Waals surface area contributed by atoms with Crippen LogP contribution in [0, 0.1) is 0 Å². The van der Waals surface area contributed by atoms with E-state index in [4.69, 9.17) is 5.11 Å². The Morgan fingerprint density at radius 1 is 1.05 bits per heavy atom. The second-order valence-corrected chi connectivity index (χ2v) is 6.37. The summed E-state index contributed by atoms with van der Waals surface area (Å²) < 4.78 is 25.8. The van der Waals surface area contributed by atoms with Gasteiger partial charge in [-0.05, 0) is 12.1 Å². The van der Waals surface area contributed by atoms with Gasteiger partial charge in [-0.3, -0.25) is 9.59 Å². The van der Waals surface area contributed by atoms with Crippen LogP contribution in [0.5, 0.6) is 0 Å². The number of carbonyl (C=O) groups is 2. The van der Waals surface area contributed by atoms with E-state index < -0.39 is 16.0 Å². The highest BCUT2D eigenvalue weighted by atomic mass is 32.2. The number of sulfonamides is 1. The van der Waals surface area contributed by atoms with E-state index in [-0.39, 0.29) is 23.5 Å². The largest absolute Gasteiger partial charge is 0.481 e. The molecule has 1 aromatic carbocycles. The maximum absolute atomic E-state index is 12.3. The summed E-state index contributed by atoms with van der Waals surface area (Å²) in [7, 11) is -3.54. The van der Waals surface area contributed by atoms with Crippen LogP contribution < -0.4 is 0 Å². The van der Waals surface area contributed by atoms with Gasteiger partial charge in [-0.2, -0.15) is 4.31 Å². The Labute approximate surface area is 124 Å². The number of ketones is 1. The van der Waals surface area contributed by atoms with Crippen molar-refractivity contribution in [3.05, 3.63) is 29.8 Å². The minimum Gasteiger partial charge on any atom is -0.481 e. The van der Waals surface area contributed by atoms with Crippen molar-refractivity contribution in [1.29, 1.82) is 0 Å². The van der Waals surface area contributed by atoms with Crippen molar-refractivity contribution >= 4 is 21.8 Å². The second-order valence-electron chi connectivity index (χ2n) is 4.43. The lowest BCUT2D eigenvalue weighted by Crippen LogP contribution is -2.30. The van der Waals surface area contributed by atoms with Crippen LogP contribution in [-0.2, 0) is 14.8 Å². The van der Waals surface area contributed by atoms with Crippen LogP contribution in [0.15, 0.2) is 29.2 Å². The van der Waals surface area contributed by atoms with Crippen molar-refractivity contribution < 1.29 is 23.1 Å². The number of Topliss-reactive ketones (excluding diaryl/α,β-unsaturated/α-hetero) is 1. The lowest BCUT2D eigenvalue weighted by Gasteiger charge is -2.18. The zero-order valence-corrected chi connectivity index (χ0v) is 12.9. The van der Waals surface area contributed by atoms with Gasteiger partial charge in [0, 0.05) is 25.1 Å². The average Bonchev–Trinajstić information content (AvgIpc) is 2.45. The summed E-state index contributed by atoms with van der Waals surface area (Å²) in [6, 6.07) is 5.59. The molecular weight excluding hydrogens is 294 g/mol. The van der Waals surface area contributed by atoms with Crippen LogP contribution in [-0.4, -0.2) is 42.7 Å². The lowest BCUT2D eigenvalue weighted by molar-refractivity contribution is -0.136. The lowest BCUT2D eigenvalue weighted by atomic mass is 10.1. The van der Waals surface area contributed by atoms with Crippen molar-refractivity contribution in [3.8, 4) is 0 Å². The zero-order valence-electron chi connectivity index (χ0n) is 12.1. The SMILES string of the molecule is CCN(CC)S(=O)(=O)c1ccc(C(=O)CCC(=O)O)cc1. The Morgan fingerprint density at radius 2 is 1.57 bits per heavy atom. The quantitative estimate of drug-likeness (QED) is 0.738. The molecule has 0 amide bonds. The van der Waals surface area contributed by atoms with E-state index in [2.05, 4.69) is 0 Å². The Bertz CT molecular complexity index is 603. The van der Waals surface area contributed by atoms with Gasteiger partial charge < -0.3 is 5.11 Å². The van der Waals surface area contributed by atoms with Gasteiger partial charge in [0.05, 0.1) is 11.3 Å². The first-order chi connectivity index (χ1) is 9.82. The maximum Gasteiger partial charge on any atom is 0.303 e. The standard InChI is InChI=1S/C14H19NO5S/c1-3-15(4-2)21(19,20)12-7-5-11(6-8-12)13(16)9-10-14(17)18/h5-8H,3-4,9-10H2,1-2H3,(H,17,18). The van der Waals surface area contributed by atoms with Gasteiger partial charge in [0.15, 0.2) is 5.78 Å². The monoisotopic (exact) mass is 313 g/mol. The molecule has 0 heterocycles. The summed E-state index contributed by atoms with van der Waals surface area (Å²) in [5, 5.41) is 8.54. The van der Waals surface area contributed by atoms with Gasteiger partial charge >= 0.3 is 5.97 Å². The van der Waals surface area contributed by atoms with Crippen molar-refractivity contribution in [3.63, 3.8) is 0 Å². The van der Waals surface area contributed by atoms with Gasteiger partial charge in [-0.25, -0.2) is 8.42 Å². The van der Waals surface area contributed by atoms with Gasteiger partial charge in [0.1, 0.15) is 0 Å². The fraction of sp³-hybridized carbons (Fsp3) is 0.429. The number of carbonyl (C=O) groups excluding carboxylic acids is 1. The zero-order chi connectivity index (χ0) is 16.0. The molecule has 0 fully saturated rings. The topological polar surface area (TPSA) is 91.8 Å². The van der Waals surface area contributed by atoms with E-state index in [1.54, 1.807) is 13.8 Å². The van der Waals surface area contributed by atoms with E-state index in [0.29, 0.717) is 18.7 Å². The fourth-order valence-electron chi connectivity index (χ4n) is 1.89. The highest BCUT2D eigenvalue weighted by Crippen LogP contribution is 2.17. The average molecular weight is 313 g/mol. The number of hydrogen-bond acceptors (Lipinski definition) is 4. The highest BCUT2D eigenvalue weighted by molar-refractivity contribution is 7.89. The minimum atomic E-state index is -3.54. The third-order valence-electron chi connectivity index (χ3n) is 3.09. The molecule has 0 aromatic heterocycles. The predicted octanol–water partition coefficient (Wildman–Crippen LogP) is 1.76. The van der Waals surface area contributed by atoms with Gasteiger partial charge in [0.2, 0.25) is 10.0 Å². The third kappa shape index (κ3) is 4.37. The number of carboxylic acid groups (broad SMARTS) is 1. The molecular formula is C14H19NO5S. The van der Waals surface area contributed by atoms with E-state index in [9.17, 15) is 18.0 Å². The van der Waals surface area contributed by atoms with Crippen LogP contribution in [0.2, 0.25) is 0 Å². The van der Waals surface area contributed by atoms with Crippen molar-refractivity contribution in [2.24, 2.45) is 0 Å². The molecule has 116 valence electrons. The van der Waals surface area contributed by atoms with Gasteiger partial charge in [-0.1, -0.05) is 26.0 Å². The van der Waals surface area contributed by atoms with Crippen molar-refractivity contribution in [2.45, 2.75) is 31.6 Å². The van der Waals surface area contributed by atoms with Crippen LogP contribution in [0.25, 0.3) is 0 Å². The molecule has 0 unspecified atom stereocenters. The van der Waals surface area contributed by atoms with Crippen molar-refractivity contribution in [1.82, 2.24) is 4.31 Å². The van der Waals surface area contributed by atoms with Crippen LogP contribution >= 0.6 is 0 Å². The summed E-state index contributed by atoms with van der Waals surface area (Å²) in [4.78, 5) is 22.3. The summed E-state index contributed by atoms with van der Waals surface area (Å²) >= 11 is 0. The molecule has 1 rings (SSSR count). The van der Waals surface area contributed by atoms with Gasteiger partial charge in [0.25, 0.3) is 0 Å². The molecule has 7 heteroatoms. The first kappa shape index (κ1) is 17.3. The van der Waals surface area contributed by atoms with Crippen LogP contribution in [0.1, 0.15) is 37.0 Å². The number of carboxylic acids is 1. The minimum absolute atomic E-state index is 0.0997. The number of aliphatic carboxylic acids is 1. The highest BCUT2D eigenvalue weighted by Gasteiger charge is 2.21. The molecule has 21 heavy (non-hydrogen) atoms. The molecule has 1 N–H and O–H groups in total. The normalized spacial score (nSPS) is 11.6. The summed E-state index contributed by atoms with van der Waals surface area (Å²) in [5.41, 5.74) is 0.315. The molecule has 0 aliphatic heterocycles. The first-order valence-corrected chi connectivity index (χ1v) is 8.12. The second kappa shape index (κ2) is 7.33. The van der Waals surface area contributed by atoms with Crippen LogP contribution in [0.3, 0.4) is 0 Å².